The van der Waals surface area contributed by atoms with Crippen LogP contribution in [0.1, 0.15) is 88.6 Å². The lowest BCUT2D eigenvalue weighted by atomic mass is 9.83. The van der Waals surface area contributed by atoms with Gasteiger partial charge in [0.25, 0.3) is 0 Å². The van der Waals surface area contributed by atoms with Crippen LogP contribution in [0.15, 0.2) is 99.9 Å². The molecular weight excluding hydrogens is 1140 g/mol. The standard InChI is InChI=1S/C14H18BrNO.C14H18ClNO.C11H12F3N.C10H12BrN.C10H10F3NO/c2*1-16-8-6-14(7-9-16)5-4-11-10-12(15)2-3-13(11)17-14;1-15-5-4-8-6-10(11(12,13)14)3-2-9(8)7-15;1-12-5-4-8-2-3-10(11)6-9(8)7-12;1-14-5-7-4-8(10(11,12)13)2-3-9(7)15-6-14/h2*2-3,10H,4-9H2,1H3;2-3,6H,4-5,7H2,1H3;2-3,6H,4-5,7H2,1H3;2-4H,5-6H2,1H3. The van der Waals surface area contributed by atoms with Gasteiger partial charge in [0.15, 0.2) is 0 Å². The normalized spacial score (nSPS) is 20.0. The maximum absolute atomic E-state index is 12.4. The number of alkyl halides is 6. The molecule has 17 heteroatoms. The Kier molecular flexibility index (Phi) is 19.2. The molecule has 0 atom stereocenters. The fourth-order valence-corrected chi connectivity index (χ4v) is 11.8. The topological polar surface area (TPSA) is 43.9 Å². The third-order valence-corrected chi connectivity index (χ3v) is 16.8. The van der Waals surface area contributed by atoms with Crippen LogP contribution in [0.4, 0.5) is 26.3 Å². The first kappa shape index (κ1) is 58.3. The van der Waals surface area contributed by atoms with Gasteiger partial charge in [0.1, 0.15) is 35.2 Å². The van der Waals surface area contributed by atoms with Gasteiger partial charge in [-0.1, -0.05) is 55.6 Å². The van der Waals surface area contributed by atoms with E-state index < -0.39 is 23.5 Å². The molecule has 7 aliphatic heterocycles. The van der Waals surface area contributed by atoms with Crippen LogP contribution < -0.4 is 14.2 Å². The molecule has 0 aliphatic carbocycles. The van der Waals surface area contributed by atoms with Crippen LogP contribution in [0.2, 0.25) is 5.02 Å². The fourth-order valence-electron chi connectivity index (χ4n) is 10.8. The summed E-state index contributed by atoms with van der Waals surface area (Å²) in [7, 11) is 10.3. The number of nitrogens with zero attached hydrogens (tertiary/aromatic N) is 5. The molecule has 0 amide bonds. The van der Waals surface area contributed by atoms with Crippen molar-refractivity contribution >= 4 is 43.5 Å². The van der Waals surface area contributed by atoms with Gasteiger partial charge in [0.05, 0.1) is 11.1 Å². The summed E-state index contributed by atoms with van der Waals surface area (Å²) in [6.07, 6.45) is 2.56. The molecule has 7 aliphatic rings. The van der Waals surface area contributed by atoms with E-state index in [1.54, 1.807) is 13.1 Å². The third-order valence-electron chi connectivity index (χ3n) is 15.6. The van der Waals surface area contributed by atoms with E-state index in [4.69, 9.17) is 25.8 Å². The van der Waals surface area contributed by atoms with Crippen molar-refractivity contribution in [2.45, 2.75) is 107 Å². The highest BCUT2D eigenvalue weighted by Crippen LogP contribution is 2.42. The van der Waals surface area contributed by atoms with E-state index in [0.717, 1.165) is 128 Å². The molecule has 5 aromatic rings. The number of likely N-dealkylation sites (tertiary alicyclic amines) is 2. The zero-order valence-electron chi connectivity index (χ0n) is 44.2. The molecule has 0 bridgehead atoms. The first-order valence-electron chi connectivity index (χ1n) is 26.2. The van der Waals surface area contributed by atoms with E-state index >= 15 is 0 Å². The second kappa shape index (κ2) is 25.1. The summed E-state index contributed by atoms with van der Waals surface area (Å²) < 4.78 is 94.7. The average Bonchev–Trinajstić information content (AvgIpc) is 3.39. The number of ether oxygens (including phenoxy) is 3. The molecule has 0 unspecified atom stereocenters. The Bertz CT molecular complexity index is 2680. The number of piperidine rings is 2. The number of halogens is 9. The molecule has 5 aromatic carbocycles. The molecule has 2 spiro atoms. The molecule has 0 radical (unpaired) electrons. The molecular formula is C59H70Br2ClF6N5O3. The molecule has 12 rings (SSSR count). The van der Waals surface area contributed by atoms with Crippen LogP contribution in [0, 0.1) is 0 Å². The number of rotatable bonds is 0. The summed E-state index contributed by atoms with van der Waals surface area (Å²) in [5.41, 5.74) is 7.07. The molecule has 0 saturated carbocycles. The molecule has 2 fully saturated rings. The summed E-state index contributed by atoms with van der Waals surface area (Å²) in [6, 6.07) is 26.6. The highest BCUT2D eigenvalue weighted by Gasteiger charge is 2.40. The van der Waals surface area contributed by atoms with E-state index in [-0.39, 0.29) is 11.2 Å². The fraction of sp³-hybridized carbons (Fsp3) is 0.492. The van der Waals surface area contributed by atoms with Gasteiger partial charge in [-0.2, -0.15) is 26.3 Å². The Balaban J connectivity index is 0.000000127. The van der Waals surface area contributed by atoms with Crippen molar-refractivity contribution in [3.63, 3.8) is 0 Å². The van der Waals surface area contributed by atoms with Crippen molar-refractivity contribution < 1.29 is 40.6 Å². The van der Waals surface area contributed by atoms with E-state index in [0.29, 0.717) is 31.0 Å². The highest BCUT2D eigenvalue weighted by atomic mass is 79.9. The van der Waals surface area contributed by atoms with Crippen LogP contribution in [0.5, 0.6) is 17.2 Å². The van der Waals surface area contributed by atoms with Gasteiger partial charge in [-0.05, 0) is 212 Å². The molecule has 412 valence electrons. The first-order chi connectivity index (χ1) is 36.0. The first-order valence-corrected chi connectivity index (χ1v) is 28.2. The van der Waals surface area contributed by atoms with Gasteiger partial charge in [-0.15, -0.1) is 0 Å². The van der Waals surface area contributed by atoms with E-state index in [1.165, 1.54) is 71.1 Å². The van der Waals surface area contributed by atoms with Crippen LogP contribution in [0.3, 0.4) is 0 Å². The van der Waals surface area contributed by atoms with Crippen molar-refractivity contribution in [3.8, 4) is 17.2 Å². The third kappa shape index (κ3) is 15.7. The van der Waals surface area contributed by atoms with Crippen molar-refractivity contribution in [1.82, 2.24) is 24.5 Å². The van der Waals surface area contributed by atoms with Gasteiger partial charge < -0.3 is 33.8 Å². The van der Waals surface area contributed by atoms with Crippen LogP contribution in [0.25, 0.3) is 0 Å². The van der Waals surface area contributed by atoms with E-state index in [1.807, 2.05) is 30.1 Å². The molecule has 76 heavy (non-hydrogen) atoms. The second-order valence-electron chi connectivity index (χ2n) is 21.7. The summed E-state index contributed by atoms with van der Waals surface area (Å²) in [5, 5.41) is 0.812. The van der Waals surface area contributed by atoms with Gasteiger partial charge >= 0.3 is 12.4 Å². The number of hydrogen-bond acceptors (Lipinski definition) is 8. The van der Waals surface area contributed by atoms with Crippen LogP contribution >= 0.6 is 43.5 Å². The SMILES string of the molecule is CN1CCC2(CCc3cc(Br)ccc3O2)CC1.CN1CCC2(CCc3cc(Cl)ccc3O2)CC1.CN1CCc2cc(C(F)(F)F)ccc2C1.CN1CCc2ccc(Br)cc2C1.CN1COc2ccc(C(F)(F)F)cc2C1. The summed E-state index contributed by atoms with van der Waals surface area (Å²) in [4.78, 5) is 11.0. The lowest BCUT2D eigenvalue weighted by molar-refractivity contribution is -0.138. The monoisotopic (exact) mass is 1200 g/mol. The minimum absolute atomic E-state index is 0.0906. The predicted molar refractivity (Wildman–Crippen MR) is 296 cm³/mol. The van der Waals surface area contributed by atoms with Crippen molar-refractivity contribution in [1.29, 1.82) is 0 Å². The van der Waals surface area contributed by atoms with Crippen molar-refractivity contribution in [3.05, 3.63) is 155 Å². The smallest absolute Gasteiger partial charge is 0.416 e. The van der Waals surface area contributed by atoms with Gasteiger partial charge in [-0.3, -0.25) is 4.90 Å². The Labute approximate surface area is 466 Å². The lowest BCUT2D eigenvalue weighted by Gasteiger charge is -2.43. The number of benzene rings is 5. The Morgan fingerprint density at radius 1 is 0.421 bits per heavy atom. The Morgan fingerprint density at radius 2 is 0.868 bits per heavy atom. The maximum atomic E-state index is 12.4. The Hall–Kier alpha value is -3.87. The molecule has 7 heterocycles. The number of likely N-dealkylation sites (N-methyl/N-ethyl adjacent to an activating group) is 2. The quantitative estimate of drug-likeness (QED) is 0.142. The van der Waals surface area contributed by atoms with Gasteiger partial charge in [-0.25, -0.2) is 0 Å². The average molecular weight is 1210 g/mol. The van der Waals surface area contributed by atoms with Crippen LogP contribution in [-0.4, -0.2) is 117 Å². The number of hydrogen-bond donors (Lipinski definition) is 0. The lowest BCUT2D eigenvalue weighted by Crippen LogP contribution is -2.48. The summed E-state index contributed by atoms with van der Waals surface area (Å²) in [5.74, 6) is 2.69. The molecule has 2 saturated heterocycles. The Morgan fingerprint density at radius 3 is 1.45 bits per heavy atom. The zero-order chi connectivity index (χ0) is 54.4. The number of aryl methyl sites for hydroxylation is 2. The van der Waals surface area contributed by atoms with Gasteiger partial charge in [0.2, 0.25) is 0 Å². The van der Waals surface area contributed by atoms with Crippen LogP contribution in [-0.2, 0) is 57.7 Å². The molecule has 0 N–H and O–H groups in total. The summed E-state index contributed by atoms with van der Waals surface area (Å²) in [6.45, 7) is 9.35. The minimum Gasteiger partial charge on any atom is -0.487 e. The summed E-state index contributed by atoms with van der Waals surface area (Å²) >= 11 is 13.0. The molecule has 8 nitrogen and oxygen atoms in total. The second-order valence-corrected chi connectivity index (χ2v) is 23.9. The minimum atomic E-state index is -4.29. The predicted octanol–water partition coefficient (Wildman–Crippen LogP) is 14.0. The van der Waals surface area contributed by atoms with E-state index in [9.17, 15) is 26.3 Å². The van der Waals surface area contributed by atoms with Crippen molar-refractivity contribution in [2.24, 2.45) is 0 Å². The number of fused-ring (bicyclic) bond motifs is 5. The zero-order valence-corrected chi connectivity index (χ0v) is 48.1. The van der Waals surface area contributed by atoms with Crippen molar-refractivity contribution in [2.75, 3.05) is 81.2 Å². The van der Waals surface area contributed by atoms with Gasteiger partial charge in [0, 0.05) is 78.4 Å². The highest BCUT2D eigenvalue weighted by molar-refractivity contribution is 9.10. The molecule has 0 aromatic heterocycles. The maximum Gasteiger partial charge on any atom is 0.416 e. The van der Waals surface area contributed by atoms with E-state index in [2.05, 4.69) is 109 Å². The largest absolute Gasteiger partial charge is 0.487 e.